The zero-order valence-corrected chi connectivity index (χ0v) is 14.0. The van der Waals surface area contributed by atoms with Crippen molar-refractivity contribution in [3.63, 3.8) is 0 Å². The summed E-state index contributed by atoms with van der Waals surface area (Å²) in [5.74, 6) is -0.161. The number of hydrogen-bond acceptors (Lipinski definition) is 3. The van der Waals surface area contributed by atoms with Crippen molar-refractivity contribution in [2.24, 2.45) is 0 Å². The smallest absolute Gasteiger partial charge is 0.199 e. The molecule has 2 aromatic carbocycles. The number of aliphatic hydroxyl groups is 1. The number of Topliss-reactive ketones (excluding diaryl/α,β-unsaturated/α-hetero) is 1. The summed E-state index contributed by atoms with van der Waals surface area (Å²) in [7, 11) is 0. The molecule has 3 aromatic rings. The van der Waals surface area contributed by atoms with Crippen molar-refractivity contribution in [3.05, 3.63) is 77.0 Å². The maximum Gasteiger partial charge on any atom is 0.199 e. The van der Waals surface area contributed by atoms with Crippen molar-refractivity contribution in [3.8, 4) is 0 Å². The monoisotopic (exact) mass is 317 g/mol. The first-order valence-electron chi connectivity index (χ1n) is 8.10. The molecule has 0 radical (unpaired) electrons. The maximum atomic E-state index is 12.5. The normalized spacial score (nSPS) is 12.9. The van der Waals surface area contributed by atoms with Gasteiger partial charge in [0.05, 0.1) is 16.8 Å². The number of aromatic nitrogens is 1. The molecule has 0 fully saturated rings. The van der Waals surface area contributed by atoms with Gasteiger partial charge in [0, 0.05) is 16.5 Å². The summed E-state index contributed by atoms with van der Waals surface area (Å²) >= 11 is 0. The van der Waals surface area contributed by atoms with Crippen LogP contribution in [0.3, 0.4) is 0 Å². The van der Waals surface area contributed by atoms with Crippen molar-refractivity contribution < 1.29 is 9.90 Å². The molecule has 0 spiro atoms. The number of aryl methyl sites for hydroxylation is 1. The van der Waals surface area contributed by atoms with Gasteiger partial charge in [-0.2, -0.15) is 0 Å². The van der Waals surface area contributed by atoms with Gasteiger partial charge in [-0.15, -0.1) is 0 Å². The first kappa shape index (κ1) is 15.9. The molecular weight excluding hydrogens is 298 g/mol. The fourth-order valence-corrected chi connectivity index (χ4v) is 2.89. The number of hydrogen-bond donors (Lipinski definition) is 1. The second-order valence-electron chi connectivity index (χ2n) is 5.49. The molecule has 0 unspecified atom stereocenters. The Morgan fingerprint density at radius 3 is 2.33 bits per heavy atom. The Morgan fingerprint density at radius 1 is 0.917 bits per heavy atom. The Balaban J connectivity index is 0.000000815. The lowest BCUT2D eigenvalue weighted by atomic mass is 10.0. The highest BCUT2D eigenvalue weighted by atomic mass is 16.3. The molecule has 0 saturated carbocycles. The molecule has 4 rings (SSSR count). The van der Waals surface area contributed by atoms with Crippen LogP contribution in [0, 0.1) is 6.92 Å². The first-order valence-corrected chi connectivity index (χ1v) is 8.10. The molecule has 0 saturated heterocycles. The van der Waals surface area contributed by atoms with E-state index in [-0.39, 0.29) is 17.1 Å². The standard InChI is InChI=1S/C19H13NO2.C2H6/c1-11-6-8-15-12(10-11)7-9-16(20-15)17-18(21)13-4-2-3-5-14(13)19(17)22;1-2/h2-10,21H,1H3;1-2H3. The Labute approximate surface area is 141 Å². The van der Waals surface area contributed by atoms with Gasteiger partial charge >= 0.3 is 0 Å². The van der Waals surface area contributed by atoms with Crippen molar-refractivity contribution in [2.75, 3.05) is 0 Å². The zero-order chi connectivity index (χ0) is 17.3. The summed E-state index contributed by atoms with van der Waals surface area (Å²) in [5.41, 5.74) is 3.87. The van der Waals surface area contributed by atoms with Crippen molar-refractivity contribution >= 4 is 28.0 Å². The van der Waals surface area contributed by atoms with E-state index in [9.17, 15) is 9.90 Å². The fourth-order valence-electron chi connectivity index (χ4n) is 2.89. The number of ketones is 1. The van der Waals surface area contributed by atoms with E-state index in [1.165, 1.54) is 0 Å². The van der Waals surface area contributed by atoms with Crippen LogP contribution in [-0.4, -0.2) is 15.9 Å². The number of benzene rings is 2. The highest BCUT2D eigenvalue weighted by molar-refractivity contribution is 6.38. The quantitative estimate of drug-likeness (QED) is 0.671. The highest BCUT2D eigenvalue weighted by Gasteiger charge is 2.31. The largest absolute Gasteiger partial charge is 0.506 e. The summed E-state index contributed by atoms with van der Waals surface area (Å²) in [6.45, 7) is 6.03. The van der Waals surface area contributed by atoms with E-state index in [1.54, 1.807) is 24.3 Å². The minimum absolute atomic E-state index is 0.0135. The lowest BCUT2D eigenvalue weighted by Gasteiger charge is -2.04. The molecule has 0 amide bonds. The minimum atomic E-state index is -0.174. The molecule has 3 heteroatoms. The second-order valence-corrected chi connectivity index (χ2v) is 5.49. The van der Waals surface area contributed by atoms with Gasteiger partial charge in [-0.05, 0) is 25.1 Å². The van der Waals surface area contributed by atoms with Gasteiger partial charge in [0.1, 0.15) is 5.76 Å². The molecule has 3 nitrogen and oxygen atoms in total. The average Bonchev–Trinajstić information content (AvgIpc) is 2.88. The molecule has 24 heavy (non-hydrogen) atoms. The molecular formula is C21H19NO2. The number of fused-ring (bicyclic) bond motifs is 2. The van der Waals surface area contributed by atoms with E-state index in [1.807, 2.05) is 51.1 Å². The van der Waals surface area contributed by atoms with Crippen LogP contribution in [-0.2, 0) is 0 Å². The Bertz CT molecular complexity index is 970. The van der Waals surface area contributed by atoms with E-state index in [2.05, 4.69) is 4.98 Å². The van der Waals surface area contributed by atoms with Gasteiger partial charge < -0.3 is 5.11 Å². The van der Waals surface area contributed by atoms with E-state index in [0.29, 0.717) is 16.8 Å². The molecule has 1 aliphatic rings. The number of allylic oxidation sites excluding steroid dienone is 1. The fraction of sp³-hybridized carbons (Fsp3) is 0.143. The molecule has 120 valence electrons. The average molecular weight is 317 g/mol. The van der Waals surface area contributed by atoms with E-state index < -0.39 is 0 Å². The zero-order valence-electron chi connectivity index (χ0n) is 14.0. The van der Waals surface area contributed by atoms with Crippen LogP contribution in [0.5, 0.6) is 0 Å². The molecule has 0 aliphatic heterocycles. The van der Waals surface area contributed by atoms with Gasteiger partial charge in [0.15, 0.2) is 5.78 Å². The third-order valence-electron chi connectivity index (χ3n) is 3.99. The molecule has 1 aromatic heterocycles. The van der Waals surface area contributed by atoms with Crippen LogP contribution in [0.1, 0.15) is 41.0 Å². The minimum Gasteiger partial charge on any atom is -0.506 e. The lowest BCUT2D eigenvalue weighted by molar-refractivity contribution is 0.105. The molecule has 1 aliphatic carbocycles. The SMILES string of the molecule is CC.Cc1ccc2nc(C3=C(O)c4ccccc4C3=O)ccc2c1. The van der Waals surface area contributed by atoms with E-state index in [0.717, 1.165) is 16.5 Å². The Kier molecular flexibility index (Phi) is 4.17. The van der Waals surface area contributed by atoms with E-state index >= 15 is 0 Å². The Morgan fingerprint density at radius 2 is 1.62 bits per heavy atom. The van der Waals surface area contributed by atoms with Crippen LogP contribution in [0.15, 0.2) is 54.6 Å². The number of pyridine rings is 1. The van der Waals surface area contributed by atoms with Crippen LogP contribution in [0.4, 0.5) is 0 Å². The number of nitrogens with zero attached hydrogens (tertiary/aromatic N) is 1. The number of aliphatic hydroxyl groups excluding tert-OH is 1. The predicted molar refractivity (Wildman–Crippen MR) is 98.0 cm³/mol. The predicted octanol–water partition coefficient (Wildman–Crippen LogP) is 5.19. The highest BCUT2D eigenvalue weighted by Crippen LogP contribution is 2.36. The van der Waals surface area contributed by atoms with Gasteiger partial charge in [-0.3, -0.25) is 4.79 Å². The van der Waals surface area contributed by atoms with Crippen molar-refractivity contribution in [2.45, 2.75) is 20.8 Å². The molecule has 1 heterocycles. The van der Waals surface area contributed by atoms with Gasteiger partial charge in [0.2, 0.25) is 0 Å². The summed E-state index contributed by atoms with van der Waals surface area (Å²) in [4.78, 5) is 17.1. The topological polar surface area (TPSA) is 50.2 Å². The van der Waals surface area contributed by atoms with E-state index in [4.69, 9.17) is 0 Å². The van der Waals surface area contributed by atoms with Crippen molar-refractivity contribution in [1.82, 2.24) is 4.98 Å². The first-order chi connectivity index (χ1) is 11.6. The van der Waals surface area contributed by atoms with Gasteiger partial charge in [0.25, 0.3) is 0 Å². The van der Waals surface area contributed by atoms with Gasteiger partial charge in [-0.25, -0.2) is 4.98 Å². The number of carbonyl (C=O) groups is 1. The van der Waals surface area contributed by atoms with Gasteiger partial charge in [-0.1, -0.05) is 55.8 Å². The second kappa shape index (κ2) is 6.28. The molecule has 0 bridgehead atoms. The third kappa shape index (κ3) is 2.48. The summed E-state index contributed by atoms with van der Waals surface area (Å²) in [6, 6.07) is 16.8. The molecule has 1 N–H and O–H groups in total. The maximum absolute atomic E-state index is 12.5. The van der Waals surface area contributed by atoms with Crippen LogP contribution in [0.2, 0.25) is 0 Å². The molecule has 0 atom stereocenters. The van der Waals surface area contributed by atoms with Crippen LogP contribution >= 0.6 is 0 Å². The summed E-state index contributed by atoms with van der Waals surface area (Å²) in [5, 5.41) is 11.4. The summed E-state index contributed by atoms with van der Waals surface area (Å²) in [6.07, 6.45) is 0. The van der Waals surface area contributed by atoms with Crippen LogP contribution < -0.4 is 0 Å². The number of carbonyl (C=O) groups excluding carboxylic acids is 1. The summed E-state index contributed by atoms with van der Waals surface area (Å²) < 4.78 is 0. The lowest BCUT2D eigenvalue weighted by Crippen LogP contribution is -2.00. The van der Waals surface area contributed by atoms with Crippen molar-refractivity contribution in [1.29, 1.82) is 0 Å². The number of rotatable bonds is 1. The Hall–Kier alpha value is -2.94. The third-order valence-corrected chi connectivity index (χ3v) is 3.99. The van der Waals surface area contributed by atoms with Crippen LogP contribution in [0.25, 0.3) is 22.2 Å².